The Morgan fingerprint density at radius 3 is 2.60 bits per heavy atom. The van der Waals surface area contributed by atoms with Crippen molar-refractivity contribution in [2.75, 3.05) is 36.5 Å². The predicted octanol–water partition coefficient (Wildman–Crippen LogP) is 8.67. The maximum absolute atomic E-state index is 13.9. The topological polar surface area (TPSA) is 172 Å². The number of H-pyrrole nitrogens is 1. The fourth-order valence-electron chi connectivity index (χ4n) is 9.79. The number of likely N-dealkylation sites (tertiary alicyclic amines) is 1. The van der Waals surface area contributed by atoms with Gasteiger partial charge in [0.05, 0.1) is 27.1 Å². The Bertz CT molecular complexity index is 2590. The lowest BCUT2D eigenvalue weighted by atomic mass is 9.59. The average Bonchev–Trinajstić information content (AvgIpc) is 3.89. The quantitative estimate of drug-likeness (QED) is 0.0908. The van der Waals surface area contributed by atoms with Crippen molar-refractivity contribution < 1.29 is 27.6 Å². The van der Waals surface area contributed by atoms with Crippen LogP contribution >= 0.6 is 0 Å². The molecular formula is C45H51N7O7S. The highest BCUT2D eigenvalue weighted by Crippen LogP contribution is 2.54. The molecule has 5 aromatic rings. The van der Waals surface area contributed by atoms with Crippen LogP contribution < -0.4 is 24.4 Å². The van der Waals surface area contributed by atoms with Crippen molar-refractivity contribution in [3.63, 3.8) is 0 Å². The van der Waals surface area contributed by atoms with Gasteiger partial charge in [-0.1, -0.05) is 38.1 Å². The number of carbonyl (C=O) groups excluding carboxylic acids is 1. The molecule has 9 rings (SSSR count). The predicted molar refractivity (Wildman–Crippen MR) is 230 cm³/mol. The number of piperidine rings is 1. The minimum Gasteiger partial charge on any atom is -0.489 e. The van der Waals surface area contributed by atoms with Crippen molar-refractivity contribution in [3.05, 3.63) is 106 Å². The molecule has 3 aliphatic heterocycles. The van der Waals surface area contributed by atoms with E-state index in [1.165, 1.54) is 49.1 Å². The number of nitrogens with one attached hydrogen (secondary N) is 3. The first-order valence-electron chi connectivity index (χ1n) is 20.8. The number of rotatable bonds is 10. The lowest BCUT2D eigenvalue weighted by molar-refractivity contribution is -0.384. The number of nitro groups is 1. The van der Waals surface area contributed by atoms with Gasteiger partial charge in [-0.3, -0.25) is 19.8 Å². The minimum absolute atomic E-state index is 0.00533. The van der Waals surface area contributed by atoms with E-state index >= 15 is 0 Å². The Labute approximate surface area is 349 Å². The largest absolute Gasteiger partial charge is 0.489 e. The summed E-state index contributed by atoms with van der Waals surface area (Å²) in [5, 5.41) is 15.9. The van der Waals surface area contributed by atoms with E-state index in [-0.39, 0.29) is 29.4 Å². The van der Waals surface area contributed by atoms with Crippen LogP contribution in [0.15, 0.2) is 84.0 Å². The van der Waals surface area contributed by atoms with Crippen molar-refractivity contribution >= 4 is 44.0 Å². The maximum Gasteiger partial charge on any atom is 0.297 e. The van der Waals surface area contributed by atoms with E-state index in [0.29, 0.717) is 34.8 Å². The summed E-state index contributed by atoms with van der Waals surface area (Å²) < 4.78 is 41.7. The number of carbonyl (C=O) groups is 1. The molecule has 14 nitrogen and oxygen atoms in total. The Hall–Kier alpha value is -5.67. The molecule has 2 aromatic heterocycles. The third kappa shape index (κ3) is 7.53. The number of pyridine rings is 1. The van der Waals surface area contributed by atoms with Crippen molar-refractivity contribution in [1.29, 1.82) is 0 Å². The monoisotopic (exact) mass is 833 g/mol. The van der Waals surface area contributed by atoms with Crippen molar-refractivity contribution in [3.8, 4) is 17.2 Å². The van der Waals surface area contributed by atoms with Crippen LogP contribution in [-0.2, 0) is 10.0 Å². The van der Waals surface area contributed by atoms with Crippen LogP contribution in [0.4, 0.5) is 17.1 Å². The molecule has 1 spiro atoms. The van der Waals surface area contributed by atoms with E-state index in [0.717, 1.165) is 49.6 Å². The molecule has 5 heterocycles. The molecule has 1 saturated carbocycles. The highest BCUT2D eigenvalue weighted by atomic mass is 32.2. The molecule has 0 radical (unpaired) electrons. The molecule has 3 fully saturated rings. The van der Waals surface area contributed by atoms with Gasteiger partial charge in [-0.25, -0.2) is 18.1 Å². The third-order valence-corrected chi connectivity index (χ3v) is 14.2. The van der Waals surface area contributed by atoms with E-state index in [9.17, 15) is 23.3 Å². The lowest BCUT2D eigenvalue weighted by Gasteiger charge is -2.56. The second-order valence-electron chi connectivity index (χ2n) is 17.9. The first-order chi connectivity index (χ1) is 28.7. The summed E-state index contributed by atoms with van der Waals surface area (Å²) in [5.74, 6) is 0.0556. The van der Waals surface area contributed by atoms with Crippen LogP contribution in [-0.4, -0.2) is 71.9 Å². The number of anilines is 2. The molecule has 314 valence electrons. The molecule has 4 aliphatic rings. The fourth-order valence-corrected chi connectivity index (χ4v) is 10.8. The molecule has 3 aromatic carbocycles. The fraction of sp³-hybridized carbons (Fsp3) is 0.422. The number of benzene rings is 3. The smallest absolute Gasteiger partial charge is 0.297 e. The number of aromatic amines is 1. The van der Waals surface area contributed by atoms with Crippen LogP contribution in [0, 0.1) is 15.5 Å². The standard InChI is InChI=1S/C45H51N7O7S/c1-28(2)34-8-5-6-9-35(34)37-10-7-17-51(37)31-24-45(25-31)14-18-50(19-15-45)30-11-12-36(39(21-30)59-32-20-29-13-16-46-42(29)47-26-32)43(53)49-60(56,57)33-22-38(52(54)55)41-40(23-33)58-27-44(3,4)48-41/h5-6,8-9,11-13,16,20-23,26,28,31,37,48H,7,10,14-15,17-19,24-25,27H2,1-4H3,(H,46,47)(H,49,53)/t37-/m0/s1. The zero-order valence-corrected chi connectivity index (χ0v) is 35.2. The molecule has 0 unspecified atom stereocenters. The Morgan fingerprint density at radius 1 is 1.05 bits per heavy atom. The molecule has 1 amide bonds. The van der Waals surface area contributed by atoms with Gasteiger partial charge in [-0.05, 0) is 106 Å². The number of hydrogen-bond acceptors (Lipinski definition) is 11. The number of fused-ring (bicyclic) bond motifs is 2. The van der Waals surface area contributed by atoms with Crippen LogP contribution in [0.2, 0.25) is 0 Å². The highest BCUT2D eigenvalue weighted by molar-refractivity contribution is 7.90. The van der Waals surface area contributed by atoms with Gasteiger partial charge in [0.1, 0.15) is 23.8 Å². The molecule has 60 heavy (non-hydrogen) atoms. The second-order valence-corrected chi connectivity index (χ2v) is 19.6. The lowest BCUT2D eigenvalue weighted by Crippen LogP contribution is -2.54. The SMILES string of the molecule is CC(C)c1ccccc1[C@@H]1CCCN1C1CC2(CCN(c3ccc(C(=O)NS(=O)(=O)c4cc5c(c([N+](=O)[O-])c4)NC(C)(C)CO5)c(Oc4cnc5[nH]ccc5c4)c3)CC2)C1. The van der Waals surface area contributed by atoms with Gasteiger partial charge in [-0.2, -0.15) is 0 Å². The van der Waals surface area contributed by atoms with E-state index in [2.05, 4.69) is 67.9 Å². The average molecular weight is 834 g/mol. The zero-order chi connectivity index (χ0) is 42.0. The van der Waals surface area contributed by atoms with Crippen molar-refractivity contribution in [2.24, 2.45) is 5.41 Å². The summed E-state index contributed by atoms with van der Waals surface area (Å²) in [7, 11) is -4.61. The van der Waals surface area contributed by atoms with E-state index in [4.69, 9.17) is 9.47 Å². The maximum atomic E-state index is 13.9. The number of nitro benzene ring substituents is 1. The summed E-state index contributed by atoms with van der Waals surface area (Å²) in [5.41, 5.74) is 3.73. The number of hydrogen-bond donors (Lipinski definition) is 3. The summed E-state index contributed by atoms with van der Waals surface area (Å²) in [6.45, 7) is 11.2. The highest BCUT2D eigenvalue weighted by Gasteiger charge is 2.50. The number of aromatic nitrogens is 2. The minimum atomic E-state index is -4.61. The normalized spacial score (nSPS) is 20.0. The molecule has 2 saturated heterocycles. The van der Waals surface area contributed by atoms with Gasteiger partial charge < -0.3 is 24.7 Å². The van der Waals surface area contributed by atoms with E-state index in [1.54, 1.807) is 24.4 Å². The Kier molecular flexibility index (Phi) is 10.0. The first kappa shape index (κ1) is 39.8. The molecule has 1 aliphatic carbocycles. The van der Waals surface area contributed by atoms with Gasteiger partial charge in [0, 0.05) is 60.6 Å². The molecular weight excluding hydrogens is 783 g/mol. The van der Waals surface area contributed by atoms with Gasteiger partial charge in [0.2, 0.25) is 0 Å². The van der Waals surface area contributed by atoms with E-state index < -0.39 is 37.0 Å². The van der Waals surface area contributed by atoms with Crippen molar-refractivity contribution in [2.45, 2.75) is 94.7 Å². The van der Waals surface area contributed by atoms with Crippen molar-refractivity contribution in [1.82, 2.24) is 19.6 Å². The van der Waals surface area contributed by atoms with Gasteiger partial charge in [0.15, 0.2) is 11.4 Å². The number of ether oxygens (including phenoxy) is 2. The zero-order valence-electron chi connectivity index (χ0n) is 34.4. The summed E-state index contributed by atoms with van der Waals surface area (Å²) in [6, 6.07) is 21.0. The van der Waals surface area contributed by atoms with Crippen LogP contribution in [0.3, 0.4) is 0 Å². The number of amides is 1. The van der Waals surface area contributed by atoms with Crippen LogP contribution in [0.5, 0.6) is 17.2 Å². The summed E-state index contributed by atoms with van der Waals surface area (Å²) >= 11 is 0. The van der Waals surface area contributed by atoms with Crippen LogP contribution in [0.25, 0.3) is 11.0 Å². The molecule has 0 bridgehead atoms. The Morgan fingerprint density at radius 2 is 1.83 bits per heavy atom. The molecule has 1 atom stereocenters. The third-order valence-electron chi connectivity index (χ3n) is 12.9. The second kappa shape index (κ2) is 15.1. The van der Waals surface area contributed by atoms with Gasteiger partial charge in [-0.15, -0.1) is 0 Å². The first-order valence-corrected chi connectivity index (χ1v) is 22.3. The van der Waals surface area contributed by atoms with Crippen LogP contribution in [0.1, 0.15) is 99.7 Å². The molecule has 3 N–H and O–H groups in total. The molecule has 15 heteroatoms. The summed E-state index contributed by atoms with van der Waals surface area (Å²) in [6.07, 6.45) is 10.3. The number of nitrogens with zero attached hydrogens (tertiary/aromatic N) is 4. The van der Waals surface area contributed by atoms with Gasteiger partial charge >= 0.3 is 0 Å². The summed E-state index contributed by atoms with van der Waals surface area (Å²) in [4.78, 5) is 37.4. The van der Waals surface area contributed by atoms with E-state index in [1.807, 2.05) is 26.0 Å². The number of sulfonamides is 1. The Balaban J connectivity index is 0.933. The van der Waals surface area contributed by atoms with Gasteiger partial charge in [0.25, 0.3) is 21.6 Å².